The molecule has 0 saturated heterocycles. The Morgan fingerprint density at radius 3 is 2.64 bits per heavy atom. The van der Waals surface area contributed by atoms with E-state index in [4.69, 9.17) is 9.66 Å². The number of carbonyl (C=O) groups is 1. The zero-order valence-electron chi connectivity index (χ0n) is 6.80. The summed E-state index contributed by atoms with van der Waals surface area (Å²) in [5.41, 5.74) is 0. The predicted molar refractivity (Wildman–Crippen MR) is 50.3 cm³/mol. The quantitative estimate of drug-likeness (QED) is 0.658. The Labute approximate surface area is 83.9 Å². The fourth-order valence-corrected chi connectivity index (χ4v) is 2.34. The first kappa shape index (κ1) is 11.0. The SMILES string of the molecule is O=C(O)CNc1cc(S(=O)(=O)O)cs1. The van der Waals surface area contributed by atoms with Gasteiger partial charge >= 0.3 is 5.97 Å². The second-order valence-electron chi connectivity index (χ2n) is 2.37. The largest absolute Gasteiger partial charge is 0.480 e. The van der Waals surface area contributed by atoms with Crippen molar-refractivity contribution in [3.05, 3.63) is 11.4 Å². The summed E-state index contributed by atoms with van der Waals surface area (Å²) in [7, 11) is -4.20. The lowest BCUT2D eigenvalue weighted by molar-refractivity contribution is -0.134. The standard InChI is InChI=1S/C6H7NO5S2/c8-6(9)2-7-5-1-4(3-13-5)14(10,11)12/h1,3,7H,2H2,(H,8,9)(H,10,11,12). The number of anilines is 1. The van der Waals surface area contributed by atoms with Gasteiger partial charge in [-0.25, -0.2) is 0 Å². The van der Waals surface area contributed by atoms with Crippen LogP contribution in [0, 0.1) is 0 Å². The number of hydrogen-bond donors (Lipinski definition) is 3. The molecule has 0 aliphatic carbocycles. The third-order valence-electron chi connectivity index (χ3n) is 1.29. The third-order valence-corrected chi connectivity index (χ3v) is 3.16. The van der Waals surface area contributed by atoms with Gasteiger partial charge in [0, 0.05) is 5.38 Å². The van der Waals surface area contributed by atoms with E-state index in [2.05, 4.69) is 5.32 Å². The van der Waals surface area contributed by atoms with Crippen molar-refractivity contribution in [2.75, 3.05) is 11.9 Å². The van der Waals surface area contributed by atoms with Gasteiger partial charge < -0.3 is 10.4 Å². The fourth-order valence-electron chi connectivity index (χ4n) is 0.709. The highest BCUT2D eigenvalue weighted by atomic mass is 32.2. The first-order chi connectivity index (χ1) is 6.39. The minimum atomic E-state index is -4.20. The van der Waals surface area contributed by atoms with Gasteiger partial charge in [0.2, 0.25) is 0 Å². The van der Waals surface area contributed by atoms with Crippen molar-refractivity contribution in [2.45, 2.75) is 4.90 Å². The van der Waals surface area contributed by atoms with Gasteiger partial charge in [-0.2, -0.15) is 8.42 Å². The molecular formula is C6H7NO5S2. The lowest BCUT2D eigenvalue weighted by Crippen LogP contribution is -2.11. The smallest absolute Gasteiger partial charge is 0.322 e. The number of rotatable bonds is 4. The van der Waals surface area contributed by atoms with Crippen LogP contribution in [0.4, 0.5) is 5.00 Å². The summed E-state index contributed by atoms with van der Waals surface area (Å²) in [6.07, 6.45) is 0. The van der Waals surface area contributed by atoms with E-state index in [1.54, 1.807) is 0 Å². The van der Waals surface area contributed by atoms with Crippen molar-refractivity contribution in [1.29, 1.82) is 0 Å². The van der Waals surface area contributed by atoms with Crippen molar-refractivity contribution < 1.29 is 22.9 Å². The van der Waals surface area contributed by atoms with Crippen LogP contribution in [0.25, 0.3) is 0 Å². The van der Waals surface area contributed by atoms with Gasteiger partial charge in [-0.1, -0.05) is 0 Å². The van der Waals surface area contributed by atoms with Gasteiger partial charge in [0.15, 0.2) is 0 Å². The molecule has 0 fully saturated rings. The van der Waals surface area contributed by atoms with Crippen molar-refractivity contribution in [2.24, 2.45) is 0 Å². The predicted octanol–water partition coefficient (Wildman–Crippen LogP) is 0.491. The molecule has 1 heterocycles. The number of aliphatic carboxylic acids is 1. The van der Waals surface area contributed by atoms with E-state index in [1.165, 1.54) is 11.4 Å². The molecule has 0 saturated carbocycles. The molecule has 0 aromatic carbocycles. The van der Waals surface area contributed by atoms with Crippen LogP contribution in [0.1, 0.15) is 0 Å². The van der Waals surface area contributed by atoms with Crippen LogP contribution in [0.5, 0.6) is 0 Å². The van der Waals surface area contributed by atoms with E-state index in [1.807, 2.05) is 0 Å². The number of nitrogens with one attached hydrogen (secondary N) is 1. The zero-order valence-corrected chi connectivity index (χ0v) is 8.43. The van der Waals surface area contributed by atoms with Gasteiger partial charge in [-0.15, -0.1) is 11.3 Å². The third kappa shape index (κ3) is 2.98. The van der Waals surface area contributed by atoms with E-state index >= 15 is 0 Å². The molecule has 78 valence electrons. The first-order valence-electron chi connectivity index (χ1n) is 3.41. The Bertz CT molecular complexity index is 435. The van der Waals surface area contributed by atoms with Gasteiger partial charge in [-0.3, -0.25) is 9.35 Å². The maximum Gasteiger partial charge on any atom is 0.322 e. The van der Waals surface area contributed by atoms with Crippen molar-refractivity contribution in [1.82, 2.24) is 0 Å². The lowest BCUT2D eigenvalue weighted by Gasteiger charge is -1.96. The summed E-state index contributed by atoms with van der Waals surface area (Å²) < 4.78 is 29.8. The molecule has 1 rings (SSSR count). The van der Waals surface area contributed by atoms with Crippen LogP contribution < -0.4 is 5.32 Å². The van der Waals surface area contributed by atoms with Crippen molar-refractivity contribution in [3.8, 4) is 0 Å². The normalized spacial score (nSPS) is 11.2. The minimum absolute atomic E-state index is 0.240. The number of hydrogen-bond acceptors (Lipinski definition) is 5. The Morgan fingerprint density at radius 2 is 2.21 bits per heavy atom. The minimum Gasteiger partial charge on any atom is -0.480 e. The van der Waals surface area contributed by atoms with Crippen LogP contribution in [0.15, 0.2) is 16.3 Å². The van der Waals surface area contributed by atoms with E-state index in [9.17, 15) is 13.2 Å². The van der Waals surface area contributed by atoms with E-state index in [0.717, 1.165) is 11.3 Å². The first-order valence-corrected chi connectivity index (χ1v) is 5.73. The molecule has 0 bridgehead atoms. The molecule has 0 atom stereocenters. The van der Waals surface area contributed by atoms with Gasteiger partial charge in [0.25, 0.3) is 10.1 Å². The highest BCUT2D eigenvalue weighted by Crippen LogP contribution is 2.23. The van der Waals surface area contributed by atoms with Gasteiger partial charge in [0.1, 0.15) is 11.4 Å². The monoisotopic (exact) mass is 237 g/mol. The Kier molecular flexibility index (Phi) is 3.09. The second kappa shape index (κ2) is 3.95. The topological polar surface area (TPSA) is 104 Å². The van der Waals surface area contributed by atoms with E-state index < -0.39 is 16.1 Å². The molecule has 0 spiro atoms. The van der Waals surface area contributed by atoms with Gasteiger partial charge in [0.05, 0.1) is 5.00 Å². The Balaban J connectivity index is 2.74. The summed E-state index contributed by atoms with van der Waals surface area (Å²) >= 11 is 1.00. The number of thiophene rings is 1. The Hall–Kier alpha value is -1.12. The molecular weight excluding hydrogens is 230 g/mol. The summed E-state index contributed by atoms with van der Waals surface area (Å²) in [5.74, 6) is -1.05. The van der Waals surface area contributed by atoms with Crippen molar-refractivity contribution >= 4 is 32.4 Å². The van der Waals surface area contributed by atoms with Crippen LogP contribution in [-0.4, -0.2) is 30.6 Å². The summed E-state index contributed by atoms with van der Waals surface area (Å²) in [5, 5.41) is 12.4. The summed E-state index contributed by atoms with van der Waals surface area (Å²) in [6, 6.07) is 1.17. The molecule has 14 heavy (non-hydrogen) atoms. The number of carboxylic acid groups (broad SMARTS) is 1. The molecule has 0 radical (unpaired) electrons. The average molecular weight is 237 g/mol. The highest BCUT2D eigenvalue weighted by molar-refractivity contribution is 7.86. The molecule has 0 amide bonds. The van der Waals surface area contributed by atoms with Crippen LogP contribution in [-0.2, 0) is 14.9 Å². The van der Waals surface area contributed by atoms with Crippen LogP contribution in [0.3, 0.4) is 0 Å². The Morgan fingerprint density at radius 1 is 1.57 bits per heavy atom. The fraction of sp³-hybridized carbons (Fsp3) is 0.167. The van der Waals surface area contributed by atoms with Crippen molar-refractivity contribution in [3.63, 3.8) is 0 Å². The summed E-state index contributed by atoms with van der Waals surface area (Å²) in [6.45, 7) is -0.300. The summed E-state index contributed by atoms with van der Waals surface area (Å²) in [4.78, 5) is 9.91. The molecule has 0 unspecified atom stereocenters. The lowest BCUT2D eigenvalue weighted by atomic mass is 10.6. The maximum atomic E-state index is 10.6. The van der Waals surface area contributed by atoms with Crippen LogP contribution >= 0.6 is 11.3 Å². The average Bonchev–Trinajstić information content (AvgIpc) is 2.47. The molecule has 1 aromatic heterocycles. The van der Waals surface area contributed by atoms with Gasteiger partial charge in [-0.05, 0) is 6.07 Å². The highest BCUT2D eigenvalue weighted by Gasteiger charge is 2.12. The molecule has 6 nitrogen and oxygen atoms in total. The maximum absolute atomic E-state index is 10.6. The van der Waals surface area contributed by atoms with E-state index in [-0.39, 0.29) is 11.4 Å². The molecule has 3 N–H and O–H groups in total. The zero-order chi connectivity index (χ0) is 10.8. The second-order valence-corrected chi connectivity index (χ2v) is 4.70. The molecule has 0 aliphatic heterocycles. The van der Waals surface area contributed by atoms with E-state index in [0.29, 0.717) is 5.00 Å². The van der Waals surface area contributed by atoms with Crippen LogP contribution in [0.2, 0.25) is 0 Å². The molecule has 1 aromatic rings. The molecule has 8 heteroatoms. The number of carboxylic acids is 1. The molecule has 0 aliphatic rings.